The van der Waals surface area contributed by atoms with Gasteiger partial charge < -0.3 is 20.5 Å². The van der Waals surface area contributed by atoms with Crippen LogP contribution in [0.5, 0.6) is 11.5 Å². The molecule has 168 valence electrons. The van der Waals surface area contributed by atoms with Gasteiger partial charge in [-0.15, -0.1) is 0 Å². The van der Waals surface area contributed by atoms with Crippen molar-refractivity contribution in [3.05, 3.63) is 42.5 Å². The normalized spacial score (nSPS) is 11.1. The molecule has 31 heavy (non-hydrogen) atoms. The van der Waals surface area contributed by atoms with Gasteiger partial charge in [-0.1, -0.05) is 26.0 Å². The standard InChI is InChI=1S/C21H27N3O6S/c1-14(2)8-11-20(26)22-13-21(27)23-17-12-15(9-10-18(17)25)31(28,29)24-16-6-4-5-7-19(16)30-3/h4-7,9-10,12,14,24-25H,8,11,13H2,1-3H3,(H,22,26)(H,23,27). The number of sulfonamides is 1. The number of benzene rings is 2. The Bertz CT molecular complexity index is 1040. The van der Waals surface area contributed by atoms with E-state index in [1.165, 1.54) is 13.2 Å². The molecule has 0 heterocycles. The summed E-state index contributed by atoms with van der Waals surface area (Å²) in [4.78, 5) is 23.7. The van der Waals surface area contributed by atoms with Crippen molar-refractivity contribution in [3.63, 3.8) is 0 Å². The molecule has 0 aromatic heterocycles. The van der Waals surface area contributed by atoms with Gasteiger partial charge in [-0.05, 0) is 42.7 Å². The zero-order valence-corrected chi connectivity index (χ0v) is 18.5. The molecule has 0 aliphatic rings. The van der Waals surface area contributed by atoms with Crippen molar-refractivity contribution in [1.29, 1.82) is 0 Å². The summed E-state index contributed by atoms with van der Waals surface area (Å²) in [5.41, 5.74) is 0.150. The number of nitrogens with one attached hydrogen (secondary N) is 3. The molecule has 2 aromatic carbocycles. The topological polar surface area (TPSA) is 134 Å². The first-order valence-electron chi connectivity index (χ1n) is 9.67. The van der Waals surface area contributed by atoms with Gasteiger partial charge in [-0.3, -0.25) is 14.3 Å². The molecule has 0 unspecified atom stereocenters. The Balaban J connectivity index is 2.08. The van der Waals surface area contributed by atoms with E-state index in [0.29, 0.717) is 24.5 Å². The number of anilines is 2. The van der Waals surface area contributed by atoms with E-state index in [9.17, 15) is 23.1 Å². The van der Waals surface area contributed by atoms with Gasteiger partial charge in [-0.25, -0.2) is 8.42 Å². The first-order valence-corrected chi connectivity index (χ1v) is 11.2. The van der Waals surface area contributed by atoms with Crippen molar-refractivity contribution >= 4 is 33.2 Å². The van der Waals surface area contributed by atoms with Crippen LogP contribution in [-0.4, -0.2) is 39.0 Å². The minimum atomic E-state index is -4.02. The number of ether oxygens (including phenoxy) is 1. The number of methoxy groups -OCH3 is 1. The lowest BCUT2D eigenvalue weighted by atomic mass is 10.1. The van der Waals surface area contributed by atoms with E-state index in [2.05, 4.69) is 15.4 Å². The summed E-state index contributed by atoms with van der Waals surface area (Å²) in [7, 11) is -2.60. The van der Waals surface area contributed by atoms with Crippen LogP contribution in [0.4, 0.5) is 11.4 Å². The number of hydrogen-bond donors (Lipinski definition) is 4. The van der Waals surface area contributed by atoms with Crippen LogP contribution < -0.4 is 20.1 Å². The molecule has 2 amide bonds. The monoisotopic (exact) mass is 449 g/mol. The van der Waals surface area contributed by atoms with Gasteiger partial charge in [0.05, 0.1) is 29.9 Å². The maximum atomic E-state index is 12.7. The van der Waals surface area contributed by atoms with E-state index in [0.717, 1.165) is 12.1 Å². The Kier molecular flexibility index (Phi) is 8.26. The van der Waals surface area contributed by atoms with Gasteiger partial charge in [0.2, 0.25) is 11.8 Å². The molecule has 9 nitrogen and oxygen atoms in total. The summed E-state index contributed by atoms with van der Waals surface area (Å²) >= 11 is 0. The maximum absolute atomic E-state index is 12.7. The molecular formula is C21H27N3O6S. The van der Waals surface area contributed by atoms with E-state index in [4.69, 9.17) is 4.74 Å². The van der Waals surface area contributed by atoms with Crippen molar-refractivity contribution in [2.24, 2.45) is 5.92 Å². The van der Waals surface area contributed by atoms with E-state index >= 15 is 0 Å². The largest absolute Gasteiger partial charge is 0.506 e. The number of phenolic OH excluding ortho intramolecular Hbond substituents is 1. The van der Waals surface area contributed by atoms with Crippen LogP contribution in [0.2, 0.25) is 0 Å². The molecule has 10 heteroatoms. The summed E-state index contributed by atoms with van der Waals surface area (Å²) in [6.07, 6.45) is 1.01. The number of para-hydroxylation sites is 2. The number of phenols is 1. The molecule has 0 bridgehead atoms. The van der Waals surface area contributed by atoms with Gasteiger partial charge in [-0.2, -0.15) is 0 Å². The molecule has 0 aliphatic carbocycles. The molecule has 0 fully saturated rings. The van der Waals surface area contributed by atoms with Crippen LogP contribution in [0.3, 0.4) is 0 Å². The number of aromatic hydroxyl groups is 1. The summed E-state index contributed by atoms with van der Waals surface area (Å²) in [5.74, 6) is -0.459. The highest BCUT2D eigenvalue weighted by Crippen LogP contribution is 2.30. The predicted octanol–water partition coefficient (Wildman–Crippen LogP) is 2.69. The van der Waals surface area contributed by atoms with E-state index < -0.39 is 15.9 Å². The number of carbonyl (C=O) groups excluding carboxylic acids is 2. The minimum Gasteiger partial charge on any atom is -0.506 e. The Morgan fingerprint density at radius 2 is 1.77 bits per heavy atom. The quantitative estimate of drug-likeness (QED) is 0.412. The molecule has 0 saturated heterocycles. The fourth-order valence-corrected chi connectivity index (χ4v) is 3.69. The maximum Gasteiger partial charge on any atom is 0.262 e. The molecule has 4 N–H and O–H groups in total. The highest BCUT2D eigenvalue weighted by Gasteiger charge is 2.19. The first kappa shape index (κ1) is 24.0. The van der Waals surface area contributed by atoms with Crippen LogP contribution in [0.15, 0.2) is 47.4 Å². The van der Waals surface area contributed by atoms with Crippen LogP contribution in [0.25, 0.3) is 0 Å². The number of amides is 2. The second kappa shape index (κ2) is 10.7. The summed E-state index contributed by atoms with van der Waals surface area (Å²) < 4.78 is 33.0. The summed E-state index contributed by atoms with van der Waals surface area (Å²) in [6.45, 7) is 3.69. The SMILES string of the molecule is COc1ccccc1NS(=O)(=O)c1ccc(O)c(NC(=O)CNC(=O)CCC(C)C)c1. The minimum absolute atomic E-state index is 0.0932. The summed E-state index contributed by atoms with van der Waals surface area (Å²) in [6, 6.07) is 10.00. The van der Waals surface area contributed by atoms with Crippen molar-refractivity contribution in [2.45, 2.75) is 31.6 Å². The fraction of sp³-hybridized carbons (Fsp3) is 0.333. The molecular weight excluding hydrogens is 422 g/mol. The number of rotatable bonds is 10. The molecule has 2 rings (SSSR count). The fourth-order valence-electron chi connectivity index (χ4n) is 2.60. The number of carbonyl (C=O) groups is 2. The smallest absolute Gasteiger partial charge is 0.262 e. The molecule has 0 saturated carbocycles. The molecule has 2 aromatic rings. The highest BCUT2D eigenvalue weighted by atomic mass is 32.2. The van der Waals surface area contributed by atoms with Crippen molar-refractivity contribution in [1.82, 2.24) is 5.32 Å². The van der Waals surface area contributed by atoms with Crippen LogP contribution in [0, 0.1) is 5.92 Å². The Hall–Kier alpha value is -3.27. The lowest BCUT2D eigenvalue weighted by Crippen LogP contribution is -2.32. The van der Waals surface area contributed by atoms with Gasteiger partial charge >= 0.3 is 0 Å². The predicted molar refractivity (Wildman–Crippen MR) is 118 cm³/mol. The lowest BCUT2D eigenvalue weighted by Gasteiger charge is -2.13. The zero-order chi connectivity index (χ0) is 23.0. The van der Waals surface area contributed by atoms with E-state index in [1.54, 1.807) is 24.3 Å². The Labute approximate surface area is 181 Å². The number of hydrogen-bond acceptors (Lipinski definition) is 6. The lowest BCUT2D eigenvalue weighted by molar-refractivity contribution is -0.124. The van der Waals surface area contributed by atoms with E-state index in [1.807, 2.05) is 13.8 Å². The van der Waals surface area contributed by atoms with Crippen molar-refractivity contribution in [2.75, 3.05) is 23.7 Å². The average molecular weight is 450 g/mol. The second-order valence-electron chi connectivity index (χ2n) is 7.24. The highest BCUT2D eigenvalue weighted by molar-refractivity contribution is 7.92. The van der Waals surface area contributed by atoms with Gasteiger partial charge in [0.1, 0.15) is 11.5 Å². The second-order valence-corrected chi connectivity index (χ2v) is 8.92. The van der Waals surface area contributed by atoms with Gasteiger partial charge in [0, 0.05) is 6.42 Å². The van der Waals surface area contributed by atoms with E-state index in [-0.39, 0.29) is 34.5 Å². The average Bonchev–Trinajstić information content (AvgIpc) is 2.72. The van der Waals surface area contributed by atoms with Crippen molar-refractivity contribution < 1.29 is 27.9 Å². The van der Waals surface area contributed by atoms with Gasteiger partial charge in [0.25, 0.3) is 10.0 Å². The third-order valence-corrected chi connectivity index (χ3v) is 5.66. The first-order chi connectivity index (χ1) is 14.6. The zero-order valence-electron chi connectivity index (χ0n) is 17.6. The third kappa shape index (κ3) is 7.18. The van der Waals surface area contributed by atoms with Crippen LogP contribution in [-0.2, 0) is 19.6 Å². The van der Waals surface area contributed by atoms with Crippen LogP contribution in [0.1, 0.15) is 26.7 Å². The molecule has 0 radical (unpaired) electrons. The molecule has 0 atom stereocenters. The Morgan fingerprint density at radius 3 is 2.45 bits per heavy atom. The van der Waals surface area contributed by atoms with Crippen LogP contribution >= 0.6 is 0 Å². The van der Waals surface area contributed by atoms with Gasteiger partial charge in [0.15, 0.2) is 0 Å². The Morgan fingerprint density at radius 1 is 1.06 bits per heavy atom. The molecule has 0 spiro atoms. The summed E-state index contributed by atoms with van der Waals surface area (Å²) in [5, 5.41) is 14.9. The van der Waals surface area contributed by atoms with Crippen molar-refractivity contribution in [3.8, 4) is 11.5 Å². The third-order valence-electron chi connectivity index (χ3n) is 4.30. The molecule has 0 aliphatic heterocycles.